The molecule has 0 saturated heterocycles. The van der Waals surface area contributed by atoms with Crippen LogP contribution in [0.2, 0.25) is 0 Å². The van der Waals surface area contributed by atoms with Crippen LogP contribution in [0.5, 0.6) is 0 Å². The van der Waals surface area contributed by atoms with E-state index in [9.17, 15) is 13.2 Å². The fourth-order valence-electron chi connectivity index (χ4n) is 2.82. The van der Waals surface area contributed by atoms with E-state index >= 15 is 0 Å². The molecule has 1 heterocycles. The topological polar surface area (TPSA) is 79.0 Å². The molecule has 6 heteroatoms. The minimum absolute atomic E-state index is 0.0121. The van der Waals surface area contributed by atoms with Gasteiger partial charge in [0.15, 0.2) is 0 Å². The molecule has 3 unspecified atom stereocenters. The zero-order valence-electron chi connectivity index (χ0n) is 11.2. The van der Waals surface area contributed by atoms with Crippen molar-refractivity contribution in [1.82, 2.24) is 9.71 Å². The highest BCUT2D eigenvalue weighted by molar-refractivity contribution is 7.89. The summed E-state index contributed by atoms with van der Waals surface area (Å²) in [5.41, 5.74) is -0.306. The van der Waals surface area contributed by atoms with Gasteiger partial charge in [0.05, 0.1) is 4.90 Å². The summed E-state index contributed by atoms with van der Waals surface area (Å²) in [6, 6.07) is 2.54. The van der Waals surface area contributed by atoms with Crippen LogP contribution in [0.1, 0.15) is 33.1 Å². The van der Waals surface area contributed by atoms with Crippen molar-refractivity contribution in [2.45, 2.75) is 44.0 Å². The zero-order valence-corrected chi connectivity index (χ0v) is 12.0. The largest absolute Gasteiger partial charge is 0.328 e. The van der Waals surface area contributed by atoms with Crippen molar-refractivity contribution in [3.63, 3.8) is 0 Å². The van der Waals surface area contributed by atoms with Crippen LogP contribution in [0.15, 0.2) is 28.0 Å². The highest BCUT2D eigenvalue weighted by atomic mass is 32.2. The van der Waals surface area contributed by atoms with E-state index in [0.29, 0.717) is 11.8 Å². The number of hydrogen-bond acceptors (Lipinski definition) is 3. The van der Waals surface area contributed by atoms with Crippen LogP contribution in [0.25, 0.3) is 0 Å². The lowest BCUT2D eigenvalue weighted by molar-refractivity contribution is 0.368. The van der Waals surface area contributed by atoms with Crippen molar-refractivity contribution in [2.75, 3.05) is 0 Å². The molecule has 0 aromatic carbocycles. The number of nitrogens with one attached hydrogen (secondary N) is 2. The van der Waals surface area contributed by atoms with E-state index in [1.165, 1.54) is 18.3 Å². The minimum atomic E-state index is -3.55. The molecule has 0 bridgehead atoms. The third-order valence-electron chi connectivity index (χ3n) is 4.12. The molecule has 5 nitrogen and oxygen atoms in total. The van der Waals surface area contributed by atoms with Gasteiger partial charge in [0.25, 0.3) is 0 Å². The van der Waals surface area contributed by atoms with Gasteiger partial charge in [0, 0.05) is 18.3 Å². The third-order valence-corrected chi connectivity index (χ3v) is 5.61. The molecule has 0 radical (unpaired) electrons. The summed E-state index contributed by atoms with van der Waals surface area (Å²) < 4.78 is 27.2. The number of aromatic amines is 1. The number of pyridine rings is 1. The molecule has 106 valence electrons. The molecule has 0 aliphatic heterocycles. The quantitative estimate of drug-likeness (QED) is 0.879. The molecule has 1 fully saturated rings. The Morgan fingerprint density at radius 1 is 1.37 bits per heavy atom. The average Bonchev–Trinajstić information content (AvgIpc) is 2.70. The summed E-state index contributed by atoms with van der Waals surface area (Å²) in [7, 11) is -3.55. The molecule has 3 atom stereocenters. The molecule has 2 N–H and O–H groups in total. The van der Waals surface area contributed by atoms with Crippen LogP contribution < -0.4 is 10.3 Å². The van der Waals surface area contributed by atoms with Crippen molar-refractivity contribution < 1.29 is 8.42 Å². The van der Waals surface area contributed by atoms with Gasteiger partial charge in [-0.1, -0.05) is 20.3 Å². The highest BCUT2D eigenvalue weighted by Crippen LogP contribution is 2.34. The lowest BCUT2D eigenvalue weighted by Gasteiger charge is -2.20. The molecule has 1 aliphatic rings. The summed E-state index contributed by atoms with van der Waals surface area (Å²) >= 11 is 0. The number of sulfonamides is 1. The third kappa shape index (κ3) is 3.06. The van der Waals surface area contributed by atoms with E-state index in [1.54, 1.807) is 0 Å². The summed E-state index contributed by atoms with van der Waals surface area (Å²) in [6.45, 7) is 4.24. The normalized spacial score (nSPS) is 27.6. The van der Waals surface area contributed by atoms with Gasteiger partial charge in [-0.15, -0.1) is 0 Å². The van der Waals surface area contributed by atoms with E-state index in [4.69, 9.17) is 0 Å². The number of aromatic nitrogens is 1. The molecular formula is C13H20N2O3S. The van der Waals surface area contributed by atoms with Gasteiger partial charge >= 0.3 is 0 Å². The van der Waals surface area contributed by atoms with Gasteiger partial charge in [-0.3, -0.25) is 4.79 Å². The Bertz CT molecular complexity index is 574. The van der Waals surface area contributed by atoms with E-state index in [-0.39, 0.29) is 16.5 Å². The maximum absolute atomic E-state index is 12.2. The van der Waals surface area contributed by atoms with Crippen molar-refractivity contribution in [2.24, 2.45) is 11.8 Å². The standard InChI is InChI=1S/C13H20N2O3S/c1-3-10-4-6-12(9(10)2)15-19(17,18)11-5-7-13(16)14-8-11/h5,7-10,12,15H,3-4,6H2,1-2H3,(H,14,16). The zero-order chi connectivity index (χ0) is 14.0. The Morgan fingerprint density at radius 2 is 2.11 bits per heavy atom. The summed E-state index contributed by atoms with van der Waals surface area (Å²) in [4.78, 5) is 13.5. The molecule has 1 aliphatic carbocycles. The molecule has 0 spiro atoms. The van der Waals surface area contributed by atoms with Crippen LogP contribution in [0.4, 0.5) is 0 Å². The van der Waals surface area contributed by atoms with Gasteiger partial charge in [-0.2, -0.15) is 0 Å². The van der Waals surface area contributed by atoms with Crippen LogP contribution in [0, 0.1) is 11.8 Å². The molecule has 0 amide bonds. The van der Waals surface area contributed by atoms with Crippen LogP contribution in [-0.4, -0.2) is 19.4 Å². The van der Waals surface area contributed by atoms with Gasteiger partial charge in [-0.05, 0) is 30.7 Å². The number of rotatable bonds is 4. The van der Waals surface area contributed by atoms with Crippen LogP contribution in [0.3, 0.4) is 0 Å². The van der Waals surface area contributed by atoms with E-state index < -0.39 is 10.0 Å². The monoisotopic (exact) mass is 284 g/mol. The first-order valence-corrected chi connectivity index (χ1v) is 8.13. The highest BCUT2D eigenvalue weighted by Gasteiger charge is 2.34. The Hall–Kier alpha value is -1.14. The van der Waals surface area contributed by atoms with Gasteiger partial charge in [-0.25, -0.2) is 13.1 Å². The molecule has 1 aromatic rings. The SMILES string of the molecule is CCC1CCC(NS(=O)(=O)c2ccc(=O)[nH]c2)C1C. The molecule has 1 aromatic heterocycles. The van der Waals surface area contributed by atoms with E-state index in [2.05, 4.69) is 23.6 Å². The molecule has 19 heavy (non-hydrogen) atoms. The van der Waals surface area contributed by atoms with Crippen molar-refractivity contribution >= 4 is 10.0 Å². The Kier molecular flexibility index (Phi) is 4.10. The van der Waals surface area contributed by atoms with Crippen molar-refractivity contribution in [3.05, 3.63) is 28.7 Å². The maximum Gasteiger partial charge on any atom is 0.247 e. The fourth-order valence-corrected chi connectivity index (χ4v) is 4.15. The molecular weight excluding hydrogens is 264 g/mol. The first kappa shape index (κ1) is 14.3. The molecule has 1 saturated carbocycles. The Labute approximate surface area is 113 Å². The average molecular weight is 284 g/mol. The summed E-state index contributed by atoms with van der Waals surface area (Å²) in [5, 5.41) is 0. The lowest BCUT2D eigenvalue weighted by atomic mass is 9.94. The van der Waals surface area contributed by atoms with Crippen molar-refractivity contribution in [1.29, 1.82) is 0 Å². The predicted molar refractivity (Wildman–Crippen MR) is 73.4 cm³/mol. The Morgan fingerprint density at radius 3 is 2.63 bits per heavy atom. The second kappa shape index (κ2) is 5.46. The predicted octanol–water partition coefficient (Wildman–Crippen LogP) is 1.48. The van der Waals surface area contributed by atoms with Crippen molar-refractivity contribution in [3.8, 4) is 0 Å². The Balaban J connectivity index is 2.14. The van der Waals surface area contributed by atoms with E-state index in [0.717, 1.165) is 19.3 Å². The van der Waals surface area contributed by atoms with Gasteiger partial charge < -0.3 is 4.98 Å². The number of H-pyrrole nitrogens is 1. The van der Waals surface area contributed by atoms with Gasteiger partial charge in [0.2, 0.25) is 15.6 Å². The first-order valence-electron chi connectivity index (χ1n) is 6.65. The van der Waals surface area contributed by atoms with Gasteiger partial charge in [0.1, 0.15) is 0 Å². The second-order valence-corrected chi connectivity index (χ2v) is 6.94. The van der Waals surface area contributed by atoms with E-state index in [1.807, 2.05) is 0 Å². The maximum atomic E-state index is 12.2. The summed E-state index contributed by atoms with van der Waals surface area (Å²) in [5.74, 6) is 0.936. The first-order chi connectivity index (χ1) is 8.94. The lowest BCUT2D eigenvalue weighted by Crippen LogP contribution is -2.37. The van der Waals surface area contributed by atoms with Crippen LogP contribution >= 0.6 is 0 Å². The molecule has 2 rings (SSSR count). The van der Waals surface area contributed by atoms with Crippen LogP contribution in [-0.2, 0) is 10.0 Å². The fraction of sp³-hybridized carbons (Fsp3) is 0.615. The minimum Gasteiger partial charge on any atom is -0.328 e. The smallest absolute Gasteiger partial charge is 0.247 e. The number of hydrogen-bond donors (Lipinski definition) is 2. The summed E-state index contributed by atoms with van der Waals surface area (Å²) in [6.07, 6.45) is 4.26. The second-order valence-electron chi connectivity index (χ2n) is 5.22.